The van der Waals surface area contributed by atoms with Gasteiger partial charge in [0.25, 0.3) is 5.69 Å². The van der Waals surface area contributed by atoms with Gasteiger partial charge < -0.3 is 10.4 Å². The van der Waals surface area contributed by atoms with Crippen LogP contribution in [0.5, 0.6) is 0 Å². The molecule has 1 fully saturated rings. The maximum Gasteiger partial charge on any atom is 0.306 e. The van der Waals surface area contributed by atoms with Gasteiger partial charge in [-0.3, -0.25) is 14.9 Å². The van der Waals surface area contributed by atoms with Gasteiger partial charge in [0.05, 0.1) is 10.8 Å². The van der Waals surface area contributed by atoms with E-state index in [0.717, 1.165) is 12.8 Å². The van der Waals surface area contributed by atoms with Gasteiger partial charge in [0.2, 0.25) is 0 Å². The highest BCUT2D eigenvalue weighted by atomic mass is 16.6. The number of carboxylic acids is 1. The lowest BCUT2D eigenvalue weighted by atomic mass is 9.86. The van der Waals surface area contributed by atoms with Gasteiger partial charge in [-0.1, -0.05) is 0 Å². The van der Waals surface area contributed by atoms with E-state index < -0.39 is 10.9 Å². The number of aliphatic carboxylic acids is 1. The first-order valence-electron chi connectivity index (χ1n) is 6.57. The third-order valence-corrected chi connectivity index (χ3v) is 3.71. The summed E-state index contributed by atoms with van der Waals surface area (Å²) >= 11 is 0. The number of pyridine rings is 1. The van der Waals surface area contributed by atoms with Gasteiger partial charge >= 0.3 is 5.97 Å². The van der Waals surface area contributed by atoms with Gasteiger partial charge in [0.1, 0.15) is 12.0 Å². The first kappa shape index (κ1) is 14.2. The second-order valence-corrected chi connectivity index (χ2v) is 5.14. The summed E-state index contributed by atoms with van der Waals surface area (Å²) in [5.41, 5.74) is 0.567. The number of aromatic nitrogens is 1. The molecule has 1 aromatic heterocycles. The van der Waals surface area contributed by atoms with Crippen LogP contribution < -0.4 is 5.32 Å². The highest BCUT2D eigenvalue weighted by Gasteiger charge is 2.26. The van der Waals surface area contributed by atoms with E-state index in [0.29, 0.717) is 24.2 Å². The third kappa shape index (κ3) is 3.23. The molecule has 0 spiro atoms. The zero-order valence-corrected chi connectivity index (χ0v) is 11.2. The van der Waals surface area contributed by atoms with Crippen molar-refractivity contribution in [3.05, 3.63) is 27.9 Å². The predicted octanol–water partition coefficient (Wildman–Crippen LogP) is 2.35. The van der Waals surface area contributed by atoms with E-state index in [1.165, 1.54) is 6.20 Å². The number of rotatable bonds is 4. The average Bonchev–Trinajstić information content (AvgIpc) is 2.39. The van der Waals surface area contributed by atoms with Crippen LogP contribution in [-0.4, -0.2) is 27.0 Å². The molecule has 0 aliphatic heterocycles. The standard InChI is InChI=1S/C13H17N3O4/c1-8-6-12(14-7-11(8)16(19)20)15-10-4-2-9(3-5-10)13(17)18/h6-7,9-10H,2-5H2,1H3,(H,14,15)(H,17,18). The number of nitrogens with zero attached hydrogens (tertiary/aromatic N) is 2. The Morgan fingerprint density at radius 1 is 1.45 bits per heavy atom. The molecule has 0 aromatic carbocycles. The fourth-order valence-electron chi connectivity index (χ4n) is 2.51. The van der Waals surface area contributed by atoms with Crippen LogP contribution in [0.2, 0.25) is 0 Å². The number of hydrogen-bond donors (Lipinski definition) is 2. The molecular weight excluding hydrogens is 262 g/mol. The lowest BCUT2D eigenvalue weighted by molar-refractivity contribution is -0.385. The third-order valence-electron chi connectivity index (χ3n) is 3.71. The van der Waals surface area contributed by atoms with Crippen molar-refractivity contribution in [3.63, 3.8) is 0 Å². The van der Waals surface area contributed by atoms with Crippen molar-refractivity contribution in [1.82, 2.24) is 4.98 Å². The van der Waals surface area contributed by atoms with Crippen LogP contribution in [0.15, 0.2) is 12.3 Å². The van der Waals surface area contributed by atoms with Gasteiger partial charge in [0.15, 0.2) is 0 Å². The normalized spacial score (nSPS) is 22.2. The van der Waals surface area contributed by atoms with Gasteiger partial charge in [-0.05, 0) is 38.7 Å². The molecule has 1 saturated carbocycles. The Labute approximate surface area is 116 Å². The van der Waals surface area contributed by atoms with Crippen LogP contribution in [0.4, 0.5) is 11.5 Å². The van der Waals surface area contributed by atoms with Crippen molar-refractivity contribution in [2.45, 2.75) is 38.6 Å². The number of anilines is 1. The molecule has 0 atom stereocenters. The second-order valence-electron chi connectivity index (χ2n) is 5.14. The summed E-state index contributed by atoms with van der Waals surface area (Å²) in [5.74, 6) is -0.376. The highest BCUT2D eigenvalue weighted by Crippen LogP contribution is 2.27. The van der Waals surface area contributed by atoms with Crippen molar-refractivity contribution >= 4 is 17.5 Å². The minimum absolute atomic E-state index is 0.00475. The van der Waals surface area contributed by atoms with Crippen LogP contribution in [0, 0.1) is 23.0 Å². The van der Waals surface area contributed by atoms with Gasteiger partial charge in [-0.2, -0.15) is 0 Å². The SMILES string of the molecule is Cc1cc(NC2CCC(C(=O)O)CC2)ncc1[N+](=O)[O-]. The Morgan fingerprint density at radius 2 is 2.10 bits per heavy atom. The number of hydrogen-bond acceptors (Lipinski definition) is 5. The summed E-state index contributed by atoms with van der Waals surface area (Å²) in [6.07, 6.45) is 4.10. The molecule has 1 aliphatic rings. The lowest BCUT2D eigenvalue weighted by Crippen LogP contribution is -2.29. The van der Waals surface area contributed by atoms with Crippen molar-refractivity contribution in [2.75, 3.05) is 5.32 Å². The molecule has 108 valence electrons. The molecule has 1 aliphatic carbocycles. The Kier molecular flexibility index (Phi) is 4.16. The first-order valence-corrected chi connectivity index (χ1v) is 6.57. The summed E-state index contributed by atoms with van der Waals surface area (Å²) < 4.78 is 0. The molecule has 0 radical (unpaired) electrons. The topological polar surface area (TPSA) is 105 Å². The largest absolute Gasteiger partial charge is 0.481 e. The quantitative estimate of drug-likeness (QED) is 0.647. The number of carbonyl (C=O) groups is 1. The maximum atomic E-state index is 10.9. The number of carboxylic acid groups (broad SMARTS) is 1. The molecule has 0 saturated heterocycles. The Hall–Kier alpha value is -2.18. The zero-order valence-electron chi connectivity index (χ0n) is 11.2. The monoisotopic (exact) mass is 279 g/mol. The van der Waals surface area contributed by atoms with E-state index in [1.807, 2.05) is 0 Å². The van der Waals surface area contributed by atoms with Gasteiger partial charge in [-0.25, -0.2) is 4.98 Å². The van der Waals surface area contributed by atoms with E-state index in [4.69, 9.17) is 5.11 Å². The molecule has 20 heavy (non-hydrogen) atoms. The van der Waals surface area contributed by atoms with E-state index in [-0.39, 0.29) is 17.6 Å². The Balaban J connectivity index is 1.96. The number of aryl methyl sites for hydroxylation is 1. The van der Waals surface area contributed by atoms with E-state index in [1.54, 1.807) is 13.0 Å². The van der Waals surface area contributed by atoms with Gasteiger partial charge in [0, 0.05) is 11.6 Å². The summed E-state index contributed by atoms with van der Waals surface area (Å²) in [4.78, 5) is 25.2. The highest BCUT2D eigenvalue weighted by molar-refractivity contribution is 5.70. The van der Waals surface area contributed by atoms with Crippen LogP contribution >= 0.6 is 0 Å². The molecular formula is C13H17N3O4. The van der Waals surface area contributed by atoms with Crippen molar-refractivity contribution in [3.8, 4) is 0 Å². The summed E-state index contributed by atoms with van der Waals surface area (Å²) in [6.45, 7) is 1.67. The average molecular weight is 279 g/mol. The molecule has 0 bridgehead atoms. The second kappa shape index (κ2) is 5.85. The first-order chi connectivity index (χ1) is 9.47. The van der Waals surface area contributed by atoms with Crippen LogP contribution in [0.25, 0.3) is 0 Å². The molecule has 0 unspecified atom stereocenters. The van der Waals surface area contributed by atoms with Crippen LogP contribution in [0.3, 0.4) is 0 Å². The number of nitro groups is 1. The van der Waals surface area contributed by atoms with Crippen molar-refractivity contribution in [2.24, 2.45) is 5.92 Å². The fourth-order valence-corrected chi connectivity index (χ4v) is 2.51. The molecule has 1 heterocycles. The smallest absolute Gasteiger partial charge is 0.306 e. The molecule has 7 heteroatoms. The van der Waals surface area contributed by atoms with Crippen molar-refractivity contribution in [1.29, 1.82) is 0 Å². The molecule has 1 aromatic rings. The van der Waals surface area contributed by atoms with Crippen LogP contribution in [0.1, 0.15) is 31.2 Å². The fraction of sp³-hybridized carbons (Fsp3) is 0.538. The van der Waals surface area contributed by atoms with Crippen LogP contribution in [-0.2, 0) is 4.79 Å². The van der Waals surface area contributed by atoms with Crippen molar-refractivity contribution < 1.29 is 14.8 Å². The minimum Gasteiger partial charge on any atom is -0.481 e. The summed E-state index contributed by atoms with van der Waals surface area (Å²) in [5, 5.41) is 22.9. The zero-order chi connectivity index (χ0) is 14.7. The maximum absolute atomic E-state index is 10.9. The molecule has 2 rings (SSSR count). The minimum atomic E-state index is -0.729. The number of nitrogens with one attached hydrogen (secondary N) is 1. The molecule has 2 N–H and O–H groups in total. The van der Waals surface area contributed by atoms with E-state index in [9.17, 15) is 14.9 Å². The van der Waals surface area contributed by atoms with E-state index in [2.05, 4.69) is 10.3 Å². The Morgan fingerprint density at radius 3 is 2.60 bits per heavy atom. The Bertz CT molecular complexity index is 524. The summed E-state index contributed by atoms with van der Waals surface area (Å²) in [7, 11) is 0. The van der Waals surface area contributed by atoms with Gasteiger partial charge in [-0.15, -0.1) is 0 Å². The summed E-state index contributed by atoms with van der Waals surface area (Å²) in [6, 6.07) is 1.83. The lowest BCUT2D eigenvalue weighted by Gasteiger charge is -2.27. The molecule has 7 nitrogen and oxygen atoms in total. The predicted molar refractivity (Wildman–Crippen MR) is 72.6 cm³/mol. The molecule has 0 amide bonds. The van der Waals surface area contributed by atoms with E-state index >= 15 is 0 Å².